The summed E-state index contributed by atoms with van der Waals surface area (Å²) in [4.78, 5) is 16.2. The molecule has 0 radical (unpaired) electrons. The lowest BCUT2D eigenvalue weighted by atomic mass is 10.0. The monoisotopic (exact) mass is 385 g/mol. The maximum atomic E-state index is 11.0. The summed E-state index contributed by atoms with van der Waals surface area (Å²) in [6.45, 7) is 4.55. The molecule has 1 N–H and O–H groups in total. The number of carboxylic acid groups (broad SMARTS) is 1. The van der Waals surface area contributed by atoms with Crippen LogP contribution in [0, 0.1) is 0 Å². The highest BCUT2D eigenvalue weighted by molar-refractivity contribution is 9.10. The van der Waals surface area contributed by atoms with Gasteiger partial charge in [-0.15, -0.1) is 0 Å². The molecule has 1 aromatic carbocycles. The molecule has 0 saturated heterocycles. The van der Waals surface area contributed by atoms with Gasteiger partial charge in [0.2, 0.25) is 0 Å². The van der Waals surface area contributed by atoms with Gasteiger partial charge in [-0.25, -0.2) is 4.79 Å². The molecule has 0 amide bonds. The minimum Gasteiger partial charge on any atom is -0.479 e. The highest BCUT2D eigenvalue weighted by Crippen LogP contribution is 2.28. The average Bonchev–Trinajstić information content (AvgIpc) is 2.97. The van der Waals surface area contributed by atoms with Crippen LogP contribution in [-0.2, 0) is 14.4 Å². The van der Waals surface area contributed by atoms with Gasteiger partial charge < -0.3 is 19.4 Å². The van der Waals surface area contributed by atoms with Crippen LogP contribution in [0.1, 0.15) is 32.3 Å². The third-order valence-electron chi connectivity index (χ3n) is 3.38. The maximum Gasteiger partial charge on any atom is 0.344 e. The number of nitrogens with zero attached hydrogens (tertiary/aromatic N) is 1. The van der Waals surface area contributed by atoms with E-state index in [9.17, 15) is 4.79 Å². The number of halogens is 1. The molecule has 0 spiro atoms. The number of aliphatic carboxylic acids is 1. The Balaban J connectivity index is 2.22. The van der Waals surface area contributed by atoms with Crippen molar-refractivity contribution in [1.29, 1.82) is 0 Å². The van der Waals surface area contributed by atoms with Crippen molar-refractivity contribution in [2.45, 2.75) is 38.9 Å². The van der Waals surface area contributed by atoms with Gasteiger partial charge in [0.1, 0.15) is 24.2 Å². The van der Waals surface area contributed by atoms with Gasteiger partial charge >= 0.3 is 5.97 Å². The minimum atomic E-state index is -1.03. The first-order valence-electron chi connectivity index (χ1n) is 7.53. The standard InChI is InChI=1S/C16H20BrNO5/c1-3-4-7-21-14-9-22-18-15(14)12-8-11(17)5-6-13(12)23-10(2)16(19)20/h5-6,8,10,14H,3-4,7,9H2,1-2H3,(H,19,20). The van der Waals surface area contributed by atoms with Gasteiger partial charge in [0.15, 0.2) is 6.10 Å². The number of carbonyl (C=O) groups is 1. The first-order valence-corrected chi connectivity index (χ1v) is 8.33. The molecule has 7 heteroatoms. The first-order chi connectivity index (χ1) is 11.0. The summed E-state index contributed by atoms with van der Waals surface area (Å²) < 4.78 is 12.2. The van der Waals surface area contributed by atoms with Crippen LogP contribution in [-0.4, -0.2) is 42.2 Å². The summed E-state index contributed by atoms with van der Waals surface area (Å²) >= 11 is 3.41. The lowest BCUT2D eigenvalue weighted by molar-refractivity contribution is -0.144. The molecule has 6 nitrogen and oxygen atoms in total. The fourth-order valence-corrected chi connectivity index (χ4v) is 2.44. The van der Waals surface area contributed by atoms with Crippen LogP contribution in [0.3, 0.4) is 0 Å². The minimum absolute atomic E-state index is 0.279. The number of carboxylic acids is 1. The molecule has 2 atom stereocenters. The lowest BCUT2D eigenvalue weighted by Crippen LogP contribution is -2.27. The second kappa shape index (κ2) is 8.31. The fourth-order valence-electron chi connectivity index (χ4n) is 2.08. The van der Waals surface area contributed by atoms with Crippen LogP contribution in [0.2, 0.25) is 0 Å². The Bertz CT molecular complexity index is 590. The van der Waals surface area contributed by atoms with Crippen molar-refractivity contribution < 1.29 is 24.2 Å². The fraction of sp³-hybridized carbons (Fsp3) is 0.500. The Labute approximate surface area is 143 Å². The van der Waals surface area contributed by atoms with Crippen LogP contribution < -0.4 is 4.74 Å². The van der Waals surface area contributed by atoms with E-state index in [-0.39, 0.29) is 6.10 Å². The number of unbranched alkanes of at least 4 members (excludes halogenated alkanes) is 1. The molecule has 0 saturated carbocycles. The van der Waals surface area contributed by atoms with E-state index in [4.69, 9.17) is 19.4 Å². The molecule has 0 fully saturated rings. The third kappa shape index (κ3) is 4.68. The van der Waals surface area contributed by atoms with Gasteiger partial charge in [-0.3, -0.25) is 0 Å². The summed E-state index contributed by atoms with van der Waals surface area (Å²) in [5.41, 5.74) is 1.29. The zero-order valence-electron chi connectivity index (χ0n) is 13.1. The second-order valence-electron chi connectivity index (χ2n) is 5.22. The molecule has 1 heterocycles. The molecule has 1 aliphatic rings. The molecule has 1 aliphatic heterocycles. The zero-order valence-corrected chi connectivity index (χ0v) is 14.7. The summed E-state index contributed by atoms with van der Waals surface area (Å²) in [7, 11) is 0. The van der Waals surface area contributed by atoms with Crippen LogP contribution in [0.4, 0.5) is 0 Å². The highest BCUT2D eigenvalue weighted by atomic mass is 79.9. The van der Waals surface area contributed by atoms with Crippen molar-refractivity contribution in [2.75, 3.05) is 13.2 Å². The van der Waals surface area contributed by atoms with Gasteiger partial charge in [-0.2, -0.15) is 0 Å². The van der Waals surface area contributed by atoms with E-state index < -0.39 is 12.1 Å². The quantitative estimate of drug-likeness (QED) is 0.695. The number of hydrogen-bond acceptors (Lipinski definition) is 5. The van der Waals surface area contributed by atoms with E-state index in [2.05, 4.69) is 28.0 Å². The van der Waals surface area contributed by atoms with Crippen LogP contribution in [0.5, 0.6) is 5.75 Å². The number of rotatable bonds is 8. The van der Waals surface area contributed by atoms with Crippen LogP contribution >= 0.6 is 15.9 Å². The smallest absolute Gasteiger partial charge is 0.344 e. The summed E-state index contributed by atoms with van der Waals surface area (Å²) in [6, 6.07) is 5.33. The number of hydrogen-bond donors (Lipinski definition) is 1. The van der Waals surface area contributed by atoms with Gasteiger partial charge in [0.25, 0.3) is 0 Å². The molecular weight excluding hydrogens is 366 g/mol. The van der Waals surface area contributed by atoms with Crippen LogP contribution in [0.25, 0.3) is 0 Å². The van der Waals surface area contributed by atoms with E-state index in [1.807, 2.05) is 6.07 Å². The normalized spacial score (nSPS) is 18.2. The van der Waals surface area contributed by atoms with E-state index in [1.165, 1.54) is 6.92 Å². The van der Waals surface area contributed by atoms with E-state index >= 15 is 0 Å². The molecule has 2 rings (SSSR count). The molecule has 0 aromatic heterocycles. The third-order valence-corrected chi connectivity index (χ3v) is 3.87. The maximum absolute atomic E-state index is 11.0. The Kier molecular flexibility index (Phi) is 6.41. The zero-order chi connectivity index (χ0) is 16.8. The summed E-state index contributed by atoms with van der Waals surface area (Å²) in [5, 5.41) is 13.1. The number of oxime groups is 1. The molecule has 0 bridgehead atoms. The van der Waals surface area contributed by atoms with Gasteiger partial charge in [0, 0.05) is 16.6 Å². The van der Waals surface area contributed by atoms with E-state index in [0.29, 0.717) is 30.2 Å². The summed E-state index contributed by atoms with van der Waals surface area (Å²) in [5.74, 6) is -0.587. The average molecular weight is 386 g/mol. The highest BCUT2D eigenvalue weighted by Gasteiger charge is 2.29. The topological polar surface area (TPSA) is 77.3 Å². The van der Waals surface area contributed by atoms with Crippen LogP contribution in [0.15, 0.2) is 27.8 Å². The van der Waals surface area contributed by atoms with Crippen molar-refractivity contribution in [1.82, 2.24) is 0 Å². The molecule has 23 heavy (non-hydrogen) atoms. The number of ether oxygens (including phenoxy) is 2. The SMILES string of the molecule is CCCCOC1CON=C1c1cc(Br)ccc1OC(C)C(=O)O. The molecule has 2 unspecified atom stereocenters. The van der Waals surface area contributed by atoms with Gasteiger partial charge in [-0.05, 0) is 31.5 Å². The van der Waals surface area contributed by atoms with Crippen molar-refractivity contribution in [3.05, 3.63) is 28.2 Å². The van der Waals surface area contributed by atoms with Crippen molar-refractivity contribution in [3.63, 3.8) is 0 Å². The Morgan fingerprint density at radius 1 is 1.57 bits per heavy atom. The number of benzene rings is 1. The van der Waals surface area contributed by atoms with E-state index in [0.717, 1.165) is 17.3 Å². The molecule has 0 aliphatic carbocycles. The second-order valence-corrected chi connectivity index (χ2v) is 6.14. The Morgan fingerprint density at radius 3 is 3.04 bits per heavy atom. The van der Waals surface area contributed by atoms with Crippen molar-refractivity contribution >= 4 is 27.6 Å². The molecule has 1 aromatic rings. The Hall–Kier alpha value is -1.60. The molecule has 126 valence electrons. The van der Waals surface area contributed by atoms with Crippen molar-refractivity contribution in [2.24, 2.45) is 5.16 Å². The predicted octanol–water partition coefficient (Wildman–Crippen LogP) is 3.22. The largest absolute Gasteiger partial charge is 0.479 e. The Morgan fingerprint density at radius 2 is 2.35 bits per heavy atom. The van der Waals surface area contributed by atoms with Gasteiger partial charge in [0.05, 0.1) is 0 Å². The first kappa shape index (κ1) is 17.7. The van der Waals surface area contributed by atoms with Gasteiger partial charge in [-0.1, -0.05) is 34.4 Å². The lowest BCUT2D eigenvalue weighted by Gasteiger charge is -2.17. The van der Waals surface area contributed by atoms with Crippen molar-refractivity contribution in [3.8, 4) is 5.75 Å². The molecular formula is C16H20BrNO5. The van der Waals surface area contributed by atoms with E-state index in [1.54, 1.807) is 12.1 Å². The predicted molar refractivity (Wildman–Crippen MR) is 89.0 cm³/mol. The summed E-state index contributed by atoms with van der Waals surface area (Å²) in [6.07, 6.45) is 0.763.